The Bertz CT molecular complexity index is 565. The molecular formula is C20H33N3O3S. The molecule has 0 radical (unpaired) electrons. The first kappa shape index (κ1) is 21.9. The fourth-order valence-corrected chi connectivity index (χ4v) is 3.74. The molecule has 1 aliphatic heterocycles. The molecular weight excluding hydrogens is 362 g/mol. The van der Waals surface area contributed by atoms with Gasteiger partial charge in [-0.15, -0.1) is 11.8 Å². The Labute approximate surface area is 167 Å². The molecule has 1 aromatic carbocycles. The molecule has 1 heterocycles. The standard InChI is InChI=1S/C20H33N3O3S/c1-16(15-27-19-8-5-4-7-18(19)24-3)13-23-20(21-2)22-10-6-11-26-17-9-12-25-14-17/h4-5,7-8,16-17H,6,9-15H2,1-3H3,(H2,21,22,23). The molecule has 2 N–H and O–H groups in total. The number of guanidine groups is 1. The van der Waals surface area contributed by atoms with Crippen LogP contribution in [0.25, 0.3) is 0 Å². The van der Waals surface area contributed by atoms with Crippen molar-refractivity contribution in [3.63, 3.8) is 0 Å². The van der Waals surface area contributed by atoms with Crippen LogP contribution in [0.15, 0.2) is 34.2 Å². The summed E-state index contributed by atoms with van der Waals surface area (Å²) in [5.74, 6) is 3.30. The van der Waals surface area contributed by atoms with Crippen molar-refractivity contribution in [1.29, 1.82) is 0 Å². The van der Waals surface area contributed by atoms with Crippen LogP contribution in [-0.2, 0) is 9.47 Å². The Morgan fingerprint density at radius 2 is 2.22 bits per heavy atom. The Kier molecular flexibility index (Phi) is 10.4. The van der Waals surface area contributed by atoms with Crippen LogP contribution in [0, 0.1) is 5.92 Å². The van der Waals surface area contributed by atoms with Gasteiger partial charge in [0.15, 0.2) is 5.96 Å². The fourth-order valence-electron chi connectivity index (χ4n) is 2.69. The van der Waals surface area contributed by atoms with E-state index < -0.39 is 0 Å². The van der Waals surface area contributed by atoms with Gasteiger partial charge < -0.3 is 24.8 Å². The minimum absolute atomic E-state index is 0.282. The van der Waals surface area contributed by atoms with E-state index in [0.29, 0.717) is 5.92 Å². The smallest absolute Gasteiger partial charge is 0.190 e. The number of nitrogens with one attached hydrogen (secondary N) is 2. The Balaban J connectivity index is 1.57. The zero-order valence-electron chi connectivity index (χ0n) is 16.7. The third-order valence-electron chi connectivity index (χ3n) is 4.29. The zero-order valence-corrected chi connectivity index (χ0v) is 17.5. The molecule has 2 unspecified atom stereocenters. The molecule has 2 atom stereocenters. The molecule has 1 aromatic rings. The average molecular weight is 396 g/mol. The number of ether oxygens (including phenoxy) is 3. The van der Waals surface area contributed by atoms with Crippen molar-refractivity contribution in [2.75, 3.05) is 52.8 Å². The summed E-state index contributed by atoms with van der Waals surface area (Å²) < 4.78 is 16.5. The summed E-state index contributed by atoms with van der Waals surface area (Å²) >= 11 is 1.82. The predicted molar refractivity (Wildman–Crippen MR) is 112 cm³/mol. The molecule has 6 nitrogen and oxygen atoms in total. The van der Waals surface area contributed by atoms with Gasteiger partial charge in [0.2, 0.25) is 0 Å². The van der Waals surface area contributed by atoms with E-state index in [-0.39, 0.29) is 6.10 Å². The fraction of sp³-hybridized carbons (Fsp3) is 0.650. The van der Waals surface area contributed by atoms with Gasteiger partial charge in [-0.3, -0.25) is 4.99 Å². The summed E-state index contributed by atoms with van der Waals surface area (Å²) in [7, 11) is 3.52. The first-order valence-electron chi connectivity index (χ1n) is 9.62. The van der Waals surface area contributed by atoms with E-state index in [0.717, 1.165) is 63.2 Å². The van der Waals surface area contributed by atoms with Gasteiger partial charge in [-0.1, -0.05) is 19.1 Å². The molecule has 0 saturated carbocycles. The SMILES string of the molecule is CN=C(NCCCOC1CCOC1)NCC(C)CSc1ccccc1OC. The van der Waals surface area contributed by atoms with Gasteiger partial charge >= 0.3 is 0 Å². The van der Waals surface area contributed by atoms with Gasteiger partial charge in [-0.05, 0) is 30.9 Å². The van der Waals surface area contributed by atoms with Crippen LogP contribution >= 0.6 is 11.8 Å². The molecule has 0 bridgehead atoms. The van der Waals surface area contributed by atoms with Crippen molar-refractivity contribution in [1.82, 2.24) is 10.6 Å². The van der Waals surface area contributed by atoms with Gasteiger partial charge in [0.05, 0.1) is 19.8 Å². The molecule has 1 aliphatic rings. The van der Waals surface area contributed by atoms with Crippen molar-refractivity contribution in [2.24, 2.45) is 10.9 Å². The van der Waals surface area contributed by atoms with Crippen LogP contribution in [0.3, 0.4) is 0 Å². The van der Waals surface area contributed by atoms with Crippen LogP contribution < -0.4 is 15.4 Å². The van der Waals surface area contributed by atoms with Crippen molar-refractivity contribution in [3.05, 3.63) is 24.3 Å². The second-order valence-corrected chi connectivity index (χ2v) is 7.72. The normalized spacial score (nSPS) is 18.3. The number of nitrogens with zero attached hydrogens (tertiary/aromatic N) is 1. The summed E-state index contributed by atoms with van der Waals surface area (Å²) in [6.07, 6.45) is 2.25. The topological polar surface area (TPSA) is 64.1 Å². The van der Waals surface area contributed by atoms with E-state index in [1.165, 1.54) is 4.90 Å². The lowest BCUT2D eigenvalue weighted by molar-refractivity contribution is 0.0420. The lowest BCUT2D eigenvalue weighted by atomic mass is 10.2. The van der Waals surface area contributed by atoms with Crippen LogP contribution in [0.5, 0.6) is 5.75 Å². The maximum absolute atomic E-state index is 5.77. The van der Waals surface area contributed by atoms with Gasteiger partial charge in [-0.2, -0.15) is 0 Å². The highest BCUT2D eigenvalue weighted by molar-refractivity contribution is 7.99. The van der Waals surface area contributed by atoms with Crippen LogP contribution in [0.4, 0.5) is 0 Å². The number of rotatable bonds is 11. The van der Waals surface area contributed by atoms with Crippen molar-refractivity contribution < 1.29 is 14.2 Å². The molecule has 0 spiro atoms. The average Bonchev–Trinajstić information content (AvgIpc) is 3.22. The second-order valence-electron chi connectivity index (χ2n) is 6.66. The number of thioether (sulfide) groups is 1. The molecule has 0 aromatic heterocycles. The Morgan fingerprint density at radius 1 is 1.37 bits per heavy atom. The maximum atomic E-state index is 5.77. The minimum Gasteiger partial charge on any atom is -0.496 e. The van der Waals surface area contributed by atoms with Crippen molar-refractivity contribution in [2.45, 2.75) is 30.8 Å². The summed E-state index contributed by atoms with van der Waals surface area (Å²) in [5.41, 5.74) is 0. The predicted octanol–water partition coefficient (Wildman–Crippen LogP) is 2.78. The molecule has 2 rings (SSSR count). The van der Waals surface area contributed by atoms with Crippen LogP contribution in [0.2, 0.25) is 0 Å². The van der Waals surface area contributed by atoms with E-state index in [4.69, 9.17) is 14.2 Å². The zero-order chi connectivity index (χ0) is 19.3. The number of hydrogen-bond acceptors (Lipinski definition) is 5. The molecule has 152 valence electrons. The third kappa shape index (κ3) is 8.41. The molecule has 1 saturated heterocycles. The highest BCUT2D eigenvalue weighted by atomic mass is 32.2. The third-order valence-corrected chi connectivity index (χ3v) is 5.67. The first-order chi connectivity index (χ1) is 13.2. The summed E-state index contributed by atoms with van der Waals surface area (Å²) in [6, 6.07) is 8.14. The maximum Gasteiger partial charge on any atom is 0.190 e. The monoisotopic (exact) mass is 395 g/mol. The highest BCUT2D eigenvalue weighted by Gasteiger charge is 2.15. The molecule has 7 heteroatoms. The van der Waals surface area contributed by atoms with Crippen molar-refractivity contribution >= 4 is 17.7 Å². The molecule has 27 heavy (non-hydrogen) atoms. The highest BCUT2D eigenvalue weighted by Crippen LogP contribution is 2.29. The van der Waals surface area contributed by atoms with E-state index in [1.54, 1.807) is 14.2 Å². The lowest BCUT2D eigenvalue weighted by Crippen LogP contribution is -2.40. The Hall–Kier alpha value is -1.44. The number of aliphatic imine (C=N–C) groups is 1. The second kappa shape index (κ2) is 12.9. The number of para-hydroxylation sites is 1. The van der Waals surface area contributed by atoms with E-state index in [2.05, 4.69) is 28.6 Å². The van der Waals surface area contributed by atoms with Crippen LogP contribution in [-0.4, -0.2) is 64.9 Å². The number of benzene rings is 1. The quantitative estimate of drug-likeness (QED) is 0.260. The molecule has 1 fully saturated rings. The van der Waals surface area contributed by atoms with E-state index in [1.807, 2.05) is 30.0 Å². The van der Waals surface area contributed by atoms with Crippen molar-refractivity contribution in [3.8, 4) is 5.75 Å². The summed E-state index contributed by atoms with van der Waals surface area (Å²) in [6.45, 7) is 6.27. The minimum atomic E-state index is 0.282. The van der Waals surface area contributed by atoms with Gasteiger partial charge in [0.1, 0.15) is 5.75 Å². The van der Waals surface area contributed by atoms with Gasteiger partial charge in [-0.25, -0.2) is 0 Å². The number of hydrogen-bond donors (Lipinski definition) is 2. The Morgan fingerprint density at radius 3 is 2.96 bits per heavy atom. The van der Waals surface area contributed by atoms with E-state index in [9.17, 15) is 0 Å². The van der Waals surface area contributed by atoms with Crippen LogP contribution in [0.1, 0.15) is 19.8 Å². The van der Waals surface area contributed by atoms with E-state index >= 15 is 0 Å². The molecule has 0 amide bonds. The van der Waals surface area contributed by atoms with Gasteiger partial charge in [0, 0.05) is 44.0 Å². The summed E-state index contributed by atoms with van der Waals surface area (Å²) in [4.78, 5) is 5.47. The largest absolute Gasteiger partial charge is 0.496 e. The summed E-state index contributed by atoms with van der Waals surface area (Å²) in [5, 5.41) is 6.74. The lowest BCUT2D eigenvalue weighted by Gasteiger charge is -2.17. The molecule has 0 aliphatic carbocycles. The van der Waals surface area contributed by atoms with Gasteiger partial charge in [0.25, 0.3) is 0 Å². The first-order valence-corrected chi connectivity index (χ1v) is 10.6. The number of methoxy groups -OCH3 is 1.